The zero-order valence-electron chi connectivity index (χ0n) is 11.2. The summed E-state index contributed by atoms with van der Waals surface area (Å²) in [4.78, 5) is 14.3. The molecule has 1 aromatic heterocycles. The molecule has 0 atom stereocenters. The zero-order valence-corrected chi connectivity index (χ0v) is 13.5. The first-order valence-electron chi connectivity index (χ1n) is 5.73. The summed E-state index contributed by atoms with van der Waals surface area (Å²) in [6, 6.07) is 5.48. The fourth-order valence-corrected chi connectivity index (χ4v) is 1.85. The number of rotatable bonds is 4. The monoisotopic (exact) mass is 357 g/mol. The second kappa shape index (κ2) is 6.23. The molecule has 8 heteroatoms. The lowest BCUT2D eigenvalue weighted by atomic mass is 10.3. The van der Waals surface area contributed by atoms with Crippen molar-refractivity contribution in [2.45, 2.75) is 0 Å². The van der Waals surface area contributed by atoms with Gasteiger partial charge in [0.15, 0.2) is 5.75 Å². The Balaban J connectivity index is 2.37. The molecule has 0 fully saturated rings. The second-order valence-electron chi connectivity index (χ2n) is 4.06. The topological polar surface area (TPSA) is 63.2 Å². The van der Waals surface area contributed by atoms with E-state index < -0.39 is 0 Å². The zero-order chi connectivity index (χ0) is 14.7. The molecule has 0 aliphatic rings. The third kappa shape index (κ3) is 3.49. The van der Waals surface area contributed by atoms with Crippen molar-refractivity contribution < 1.29 is 4.74 Å². The Kier molecular flexibility index (Phi) is 4.61. The molecule has 1 aromatic carbocycles. The van der Waals surface area contributed by atoms with E-state index in [0.717, 1.165) is 4.47 Å². The SMILES string of the molecule is CNc1nc(Oc2cc(Br)ccc2Cl)nc(N(C)C)n1. The van der Waals surface area contributed by atoms with Crippen molar-refractivity contribution in [3.05, 3.63) is 27.7 Å². The molecule has 2 rings (SSSR count). The number of anilines is 2. The van der Waals surface area contributed by atoms with Crippen LogP contribution in [0.25, 0.3) is 0 Å². The third-order valence-electron chi connectivity index (χ3n) is 2.32. The largest absolute Gasteiger partial charge is 0.422 e. The van der Waals surface area contributed by atoms with Crippen molar-refractivity contribution in [3.63, 3.8) is 0 Å². The lowest BCUT2D eigenvalue weighted by molar-refractivity contribution is 0.440. The molecule has 0 bridgehead atoms. The Morgan fingerprint density at radius 1 is 1.25 bits per heavy atom. The maximum absolute atomic E-state index is 6.08. The molecule has 106 valence electrons. The maximum atomic E-state index is 6.08. The summed E-state index contributed by atoms with van der Waals surface area (Å²) in [6.07, 6.45) is 0. The van der Waals surface area contributed by atoms with Crippen LogP contribution in [0.15, 0.2) is 22.7 Å². The minimum atomic E-state index is 0.174. The molecule has 6 nitrogen and oxygen atoms in total. The van der Waals surface area contributed by atoms with Crippen molar-refractivity contribution in [3.8, 4) is 11.8 Å². The predicted molar refractivity (Wildman–Crippen MR) is 82.9 cm³/mol. The van der Waals surface area contributed by atoms with Gasteiger partial charge in [0.05, 0.1) is 5.02 Å². The molecule has 0 amide bonds. The fourth-order valence-electron chi connectivity index (χ4n) is 1.36. The summed E-state index contributed by atoms with van der Waals surface area (Å²) >= 11 is 9.44. The average Bonchev–Trinajstić information content (AvgIpc) is 2.42. The number of hydrogen-bond acceptors (Lipinski definition) is 6. The van der Waals surface area contributed by atoms with Gasteiger partial charge in [0.2, 0.25) is 11.9 Å². The van der Waals surface area contributed by atoms with Crippen LogP contribution in [-0.4, -0.2) is 36.1 Å². The highest BCUT2D eigenvalue weighted by atomic mass is 79.9. The molecule has 20 heavy (non-hydrogen) atoms. The highest BCUT2D eigenvalue weighted by Crippen LogP contribution is 2.31. The van der Waals surface area contributed by atoms with E-state index in [2.05, 4.69) is 36.2 Å². The highest BCUT2D eigenvalue weighted by molar-refractivity contribution is 9.10. The Morgan fingerprint density at radius 2 is 2.00 bits per heavy atom. The molecular formula is C12H13BrClN5O. The number of halogens is 2. The van der Waals surface area contributed by atoms with Crippen LogP contribution < -0.4 is 15.0 Å². The number of nitrogens with one attached hydrogen (secondary N) is 1. The summed E-state index contributed by atoms with van der Waals surface area (Å²) in [7, 11) is 5.40. The van der Waals surface area contributed by atoms with Crippen LogP contribution >= 0.6 is 27.5 Å². The van der Waals surface area contributed by atoms with E-state index in [1.807, 2.05) is 20.2 Å². The van der Waals surface area contributed by atoms with Gasteiger partial charge in [-0.05, 0) is 18.2 Å². The Morgan fingerprint density at radius 3 is 2.65 bits per heavy atom. The van der Waals surface area contributed by atoms with Crippen LogP contribution in [-0.2, 0) is 0 Å². The lowest BCUT2D eigenvalue weighted by Crippen LogP contribution is -2.15. The van der Waals surface area contributed by atoms with E-state index in [-0.39, 0.29) is 6.01 Å². The van der Waals surface area contributed by atoms with Gasteiger partial charge in [-0.25, -0.2) is 0 Å². The van der Waals surface area contributed by atoms with Gasteiger partial charge < -0.3 is 15.0 Å². The standard InChI is InChI=1S/C12H13BrClN5O/c1-15-10-16-11(19(2)3)18-12(17-10)20-9-6-7(13)4-5-8(9)14/h4-6H,1-3H3,(H,15,16,17,18). The van der Waals surface area contributed by atoms with Crippen LogP contribution in [0.5, 0.6) is 11.8 Å². The normalized spacial score (nSPS) is 10.2. The minimum absolute atomic E-state index is 0.174. The van der Waals surface area contributed by atoms with E-state index in [1.165, 1.54) is 0 Å². The molecule has 0 aliphatic carbocycles. The first-order chi connectivity index (χ1) is 9.49. The van der Waals surface area contributed by atoms with E-state index >= 15 is 0 Å². The van der Waals surface area contributed by atoms with Gasteiger partial charge in [-0.15, -0.1) is 0 Å². The first-order valence-corrected chi connectivity index (χ1v) is 6.90. The number of aromatic nitrogens is 3. The van der Waals surface area contributed by atoms with Gasteiger partial charge in [-0.3, -0.25) is 0 Å². The van der Waals surface area contributed by atoms with E-state index in [4.69, 9.17) is 16.3 Å². The van der Waals surface area contributed by atoms with Crippen LogP contribution in [0.4, 0.5) is 11.9 Å². The van der Waals surface area contributed by atoms with Gasteiger partial charge in [0.25, 0.3) is 0 Å². The summed E-state index contributed by atoms with van der Waals surface area (Å²) in [6.45, 7) is 0. The van der Waals surface area contributed by atoms with Crippen molar-refractivity contribution in [2.75, 3.05) is 31.4 Å². The lowest BCUT2D eigenvalue weighted by Gasteiger charge is -2.13. The Bertz CT molecular complexity index is 623. The molecule has 1 heterocycles. The van der Waals surface area contributed by atoms with Crippen LogP contribution in [0, 0.1) is 0 Å². The third-order valence-corrected chi connectivity index (χ3v) is 3.13. The van der Waals surface area contributed by atoms with E-state index in [9.17, 15) is 0 Å². The minimum Gasteiger partial charge on any atom is -0.422 e. The summed E-state index contributed by atoms with van der Waals surface area (Å²) in [5, 5.41) is 3.34. The van der Waals surface area contributed by atoms with Crippen molar-refractivity contribution in [2.24, 2.45) is 0 Å². The van der Waals surface area contributed by atoms with Crippen LogP contribution in [0.2, 0.25) is 5.02 Å². The number of ether oxygens (including phenoxy) is 1. The van der Waals surface area contributed by atoms with Crippen LogP contribution in [0.3, 0.4) is 0 Å². The molecule has 1 N–H and O–H groups in total. The van der Waals surface area contributed by atoms with Crippen LogP contribution in [0.1, 0.15) is 0 Å². The quantitative estimate of drug-likeness (QED) is 0.905. The maximum Gasteiger partial charge on any atom is 0.328 e. The second-order valence-corrected chi connectivity index (χ2v) is 5.39. The van der Waals surface area contributed by atoms with Gasteiger partial charge in [0, 0.05) is 25.6 Å². The number of hydrogen-bond donors (Lipinski definition) is 1. The predicted octanol–water partition coefficient (Wildman–Crippen LogP) is 3.19. The summed E-state index contributed by atoms with van der Waals surface area (Å²) < 4.78 is 6.49. The van der Waals surface area contributed by atoms with E-state index in [1.54, 1.807) is 24.1 Å². The molecule has 0 unspecified atom stereocenters. The van der Waals surface area contributed by atoms with Gasteiger partial charge >= 0.3 is 6.01 Å². The summed E-state index contributed by atoms with van der Waals surface area (Å²) in [5.41, 5.74) is 0. The smallest absolute Gasteiger partial charge is 0.328 e. The average molecular weight is 359 g/mol. The molecular weight excluding hydrogens is 346 g/mol. The van der Waals surface area contributed by atoms with Crippen molar-refractivity contribution in [1.82, 2.24) is 15.0 Å². The van der Waals surface area contributed by atoms with Gasteiger partial charge in [-0.2, -0.15) is 15.0 Å². The highest BCUT2D eigenvalue weighted by Gasteiger charge is 2.11. The Labute approximate surface area is 130 Å². The first kappa shape index (κ1) is 14.8. The number of benzene rings is 1. The van der Waals surface area contributed by atoms with Crippen molar-refractivity contribution >= 4 is 39.4 Å². The molecule has 0 spiro atoms. The fraction of sp³-hybridized carbons (Fsp3) is 0.250. The molecule has 2 aromatic rings. The van der Waals surface area contributed by atoms with Crippen molar-refractivity contribution in [1.29, 1.82) is 0 Å². The molecule has 0 aliphatic heterocycles. The summed E-state index contributed by atoms with van der Waals surface area (Å²) in [5.74, 6) is 1.38. The molecule has 0 radical (unpaired) electrons. The number of nitrogens with zero attached hydrogens (tertiary/aromatic N) is 4. The molecule has 0 saturated heterocycles. The molecule has 0 saturated carbocycles. The van der Waals surface area contributed by atoms with Gasteiger partial charge in [-0.1, -0.05) is 27.5 Å². The van der Waals surface area contributed by atoms with Gasteiger partial charge in [0.1, 0.15) is 0 Å². The van der Waals surface area contributed by atoms with E-state index in [0.29, 0.717) is 22.7 Å². The Hall–Kier alpha value is -1.60.